The van der Waals surface area contributed by atoms with Crippen molar-refractivity contribution in [3.8, 4) is 0 Å². The Hall–Kier alpha value is -1.78. The SMILES string of the molecule is Cc1cc(=O)n2c(c1CCC(=O)O)N(C)CCCC2. The zero-order valence-electron chi connectivity index (χ0n) is 11.5. The third-order valence-electron chi connectivity index (χ3n) is 3.68. The van der Waals surface area contributed by atoms with E-state index in [0.29, 0.717) is 6.42 Å². The van der Waals surface area contributed by atoms with Crippen LogP contribution in [0.3, 0.4) is 0 Å². The summed E-state index contributed by atoms with van der Waals surface area (Å²) in [5, 5.41) is 8.86. The van der Waals surface area contributed by atoms with E-state index >= 15 is 0 Å². The van der Waals surface area contributed by atoms with Crippen molar-refractivity contribution in [2.45, 2.75) is 39.2 Å². The van der Waals surface area contributed by atoms with Gasteiger partial charge in [0.2, 0.25) is 0 Å². The molecule has 1 aliphatic rings. The lowest BCUT2D eigenvalue weighted by Crippen LogP contribution is -2.29. The number of aryl methyl sites for hydroxylation is 1. The molecule has 1 N–H and O–H groups in total. The molecule has 104 valence electrons. The highest BCUT2D eigenvalue weighted by Crippen LogP contribution is 2.25. The van der Waals surface area contributed by atoms with Crippen molar-refractivity contribution in [3.05, 3.63) is 27.5 Å². The van der Waals surface area contributed by atoms with Crippen LogP contribution < -0.4 is 10.5 Å². The Kier molecular flexibility index (Phi) is 3.93. The monoisotopic (exact) mass is 264 g/mol. The molecule has 1 aromatic heterocycles. The molecule has 1 aromatic rings. The van der Waals surface area contributed by atoms with Gasteiger partial charge in [0, 0.05) is 32.6 Å². The quantitative estimate of drug-likeness (QED) is 0.896. The Bertz CT molecular complexity index is 548. The van der Waals surface area contributed by atoms with E-state index in [4.69, 9.17) is 5.11 Å². The van der Waals surface area contributed by atoms with Gasteiger partial charge in [-0.15, -0.1) is 0 Å². The Morgan fingerprint density at radius 1 is 1.37 bits per heavy atom. The van der Waals surface area contributed by atoms with Gasteiger partial charge in [-0.3, -0.25) is 14.2 Å². The summed E-state index contributed by atoms with van der Waals surface area (Å²) in [6.07, 6.45) is 2.61. The number of aliphatic carboxylic acids is 1. The van der Waals surface area contributed by atoms with Gasteiger partial charge in [0.05, 0.1) is 0 Å². The third-order valence-corrected chi connectivity index (χ3v) is 3.68. The summed E-state index contributed by atoms with van der Waals surface area (Å²) in [6.45, 7) is 3.51. The van der Waals surface area contributed by atoms with Crippen molar-refractivity contribution in [3.63, 3.8) is 0 Å². The predicted octanol–water partition coefficient (Wildman–Crippen LogP) is 1.40. The normalized spacial score (nSPS) is 14.9. The summed E-state index contributed by atoms with van der Waals surface area (Å²) in [7, 11) is 1.97. The van der Waals surface area contributed by atoms with Crippen LogP contribution in [-0.2, 0) is 17.8 Å². The molecule has 5 heteroatoms. The topological polar surface area (TPSA) is 62.5 Å². The van der Waals surface area contributed by atoms with Gasteiger partial charge in [0.15, 0.2) is 0 Å². The number of nitrogens with zero attached hydrogens (tertiary/aromatic N) is 2. The Labute approximate surface area is 112 Å². The fourth-order valence-corrected chi connectivity index (χ4v) is 2.71. The molecule has 0 aliphatic carbocycles. The Morgan fingerprint density at radius 2 is 2.05 bits per heavy atom. The molecule has 1 aliphatic heterocycles. The van der Waals surface area contributed by atoms with Crippen molar-refractivity contribution < 1.29 is 9.90 Å². The van der Waals surface area contributed by atoms with E-state index in [1.807, 2.05) is 14.0 Å². The van der Waals surface area contributed by atoms with E-state index in [1.165, 1.54) is 0 Å². The molecule has 19 heavy (non-hydrogen) atoms. The van der Waals surface area contributed by atoms with E-state index in [2.05, 4.69) is 4.90 Å². The van der Waals surface area contributed by atoms with Gasteiger partial charge in [-0.2, -0.15) is 0 Å². The first-order valence-electron chi connectivity index (χ1n) is 6.67. The predicted molar refractivity (Wildman–Crippen MR) is 73.9 cm³/mol. The molecule has 0 fully saturated rings. The largest absolute Gasteiger partial charge is 0.481 e. The van der Waals surface area contributed by atoms with Crippen LogP contribution in [0, 0.1) is 6.92 Å². The number of carbonyl (C=O) groups is 1. The summed E-state index contributed by atoms with van der Waals surface area (Å²) < 4.78 is 1.79. The number of rotatable bonds is 3. The molecule has 0 unspecified atom stereocenters. The van der Waals surface area contributed by atoms with Crippen LogP contribution in [0.5, 0.6) is 0 Å². The molecule has 0 saturated carbocycles. The number of aromatic nitrogens is 1. The van der Waals surface area contributed by atoms with Crippen LogP contribution in [0.1, 0.15) is 30.4 Å². The average molecular weight is 264 g/mol. The van der Waals surface area contributed by atoms with Crippen molar-refractivity contribution in [2.24, 2.45) is 0 Å². The molecule has 0 spiro atoms. The lowest BCUT2D eigenvalue weighted by Gasteiger charge is -2.24. The van der Waals surface area contributed by atoms with Crippen molar-refractivity contribution in [2.75, 3.05) is 18.5 Å². The van der Waals surface area contributed by atoms with Crippen molar-refractivity contribution >= 4 is 11.8 Å². The second-order valence-corrected chi connectivity index (χ2v) is 5.14. The van der Waals surface area contributed by atoms with Crippen LogP contribution in [0.4, 0.5) is 5.82 Å². The van der Waals surface area contributed by atoms with Gasteiger partial charge in [-0.1, -0.05) is 0 Å². The lowest BCUT2D eigenvalue weighted by atomic mass is 10.0. The fraction of sp³-hybridized carbons (Fsp3) is 0.571. The van der Waals surface area contributed by atoms with Gasteiger partial charge in [-0.05, 0) is 37.3 Å². The summed E-state index contributed by atoms with van der Waals surface area (Å²) in [4.78, 5) is 25.0. The zero-order chi connectivity index (χ0) is 14.0. The standard InChI is InChI=1S/C14H20N2O3/c1-10-9-12(17)16-8-4-3-7-15(2)14(16)11(10)5-6-13(18)19/h9H,3-8H2,1-2H3,(H,18,19). The van der Waals surface area contributed by atoms with Crippen LogP contribution in [0.2, 0.25) is 0 Å². The lowest BCUT2D eigenvalue weighted by molar-refractivity contribution is -0.136. The molecule has 0 aromatic carbocycles. The third kappa shape index (κ3) is 2.80. The van der Waals surface area contributed by atoms with Gasteiger partial charge in [-0.25, -0.2) is 0 Å². The average Bonchev–Trinajstić information content (AvgIpc) is 2.52. The number of pyridine rings is 1. The number of hydrogen-bond donors (Lipinski definition) is 1. The van der Waals surface area contributed by atoms with E-state index in [-0.39, 0.29) is 12.0 Å². The zero-order valence-corrected chi connectivity index (χ0v) is 11.5. The van der Waals surface area contributed by atoms with Crippen LogP contribution in [-0.4, -0.2) is 29.2 Å². The summed E-state index contributed by atoms with van der Waals surface area (Å²) in [5.74, 6) is 0.101. The molecule has 0 atom stereocenters. The van der Waals surface area contributed by atoms with Crippen LogP contribution in [0.25, 0.3) is 0 Å². The minimum Gasteiger partial charge on any atom is -0.481 e. The van der Waals surface area contributed by atoms with E-state index in [9.17, 15) is 9.59 Å². The Morgan fingerprint density at radius 3 is 2.74 bits per heavy atom. The molecule has 0 bridgehead atoms. The highest BCUT2D eigenvalue weighted by molar-refractivity contribution is 5.68. The highest BCUT2D eigenvalue weighted by atomic mass is 16.4. The molecule has 2 heterocycles. The number of fused-ring (bicyclic) bond motifs is 1. The van der Waals surface area contributed by atoms with E-state index < -0.39 is 5.97 Å². The summed E-state index contributed by atoms with van der Waals surface area (Å²) in [5.41, 5.74) is 1.90. The minimum atomic E-state index is -0.805. The molecule has 0 radical (unpaired) electrons. The van der Waals surface area contributed by atoms with Gasteiger partial charge < -0.3 is 10.0 Å². The second kappa shape index (κ2) is 5.47. The molecule has 2 rings (SSSR count). The summed E-state index contributed by atoms with van der Waals surface area (Å²) in [6, 6.07) is 1.62. The first kappa shape index (κ1) is 13.6. The maximum Gasteiger partial charge on any atom is 0.303 e. The molecule has 0 saturated heterocycles. The smallest absolute Gasteiger partial charge is 0.303 e. The maximum atomic E-state index is 12.1. The van der Waals surface area contributed by atoms with E-state index in [1.54, 1.807) is 10.6 Å². The van der Waals surface area contributed by atoms with Gasteiger partial charge in [0.25, 0.3) is 5.56 Å². The molecule has 0 amide bonds. The van der Waals surface area contributed by atoms with Gasteiger partial charge in [0.1, 0.15) is 5.82 Å². The molecular weight excluding hydrogens is 244 g/mol. The number of anilines is 1. The van der Waals surface area contributed by atoms with E-state index in [0.717, 1.165) is 42.9 Å². The minimum absolute atomic E-state index is 0.0142. The number of carboxylic acids is 1. The van der Waals surface area contributed by atoms with Gasteiger partial charge >= 0.3 is 5.97 Å². The number of hydrogen-bond acceptors (Lipinski definition) is 3. The second-order valence-electron chi connectivity index (χ2n) is 5.14. The van der Waals surface area contributed by atoms with Crippen molar-refractivity contribution in [1.29, 1.82) is 0 Å². The molecule has 5 nitrogen and oxygen atoms in total. The molecular formula is C14H20N2O3. The first-order chi connectivity index (χ1) is 9.00. The Balaban J connectivity index is 2.52. The van der Waals surface area contributed by atoms with Crippen LogP contribution in [0.15, 0.2) is 10.9 Å². The fourth-order valence-electron chi connectivity index (χ4n) is 2.71. The van der Waals surface area contributed by atoms with Crippen LogP contribution >= 0.6 is 0 Å². The highest BCUT2D eigenvalue weighted by Gasteiger charge is 2.19. The summed E-state index contributed by atoms with van der Waals surface area (Å²) >= 11 is 0. The number of carboxylic acid groups (broad SMARTS) is 1. The first-order valence-corrected chi connectivity index (χ1v) is 6.67. The maximum absolute atomic E-state index is 12.1. The van der Waals surface area contributed by atoms with Crippen molar-refractivity contribution in [1.82, 2.24) is 4.57 Å².